The normalized spacial score (nSPS) is 19.0. The van der Waals surface area contributed by atoms with E-state index >= 15 is 0 Å². The number of hydrogen-bond donors (Lipinski definition) is 2. The lowest BCUT2D eigenvalue weighted by Crippen LogP contribution is -2.46. The standard InChI is InChI=1S/C15H21NO4S/c1-13-2-4-14(5-3-13)6-11-21(18,19)16-12-15(17)7-9-20-10-8-15/h2-6,11,16-17H,7-10,12H2,1H3. The fourth-order valence-electron chi connectivity index (χ4n) is 2.06. The third kappa shape index (κ3) is 5.24. The predicted octanol–water partition coefficient (Wildman–Crippen LogP) is 1.43. The van der Waals surface area contributed by atoms with Crippen molar-refractivity contribution in [2.24, 2.45) is 0 Å². The molecule has 1 saturated heterocycles. The Morgan fingerprint density at radius 2 is 1.90 bits per heavy atom. The molecule has 1 aliphatic heterocycles. The fourth-order valence-corrected chi connectivity index (χ4v) is 2.96. The van der Waals surface area contributed by atoms with Crippen LogP contribution in [0.5, 0.6) is 0 Å². The summed E-state index contributed by atoms with van der Waals surface area (Å²) in [6, 6.07) is 7.55. The van der Waals surface area contributed by atoms with Gasteiger partial charge in [0.25, 0.3) is 0 Å². The first-order valence-corrected chi connectivity index (χ1v) is 8.48. The van der Waals surface area contributed by atoms with Gasteiger partial charge in [-0.3, -0.25) is 0 Å². The van der Waals surface area contributed by atoms with Gasteiger partial charge in [-0.15, -0.1) is 0 Å². The minimum atomic E-state index is -3.56. The Kier molecular flexibility index (Phi) is 5.16. The monoisotopic (exact) mass is 311 g/mol. The number of nitrogens with one attached hydrogen (secondary N) is 1. The van der Waals surface area contributed by atoms with Crippen molar-refractivity contribution in [1.29, 1.82) is 0 Å². The molecule has 0 atom stereocenters. The molecule has 1 aromatic rings. The first-order chi connectivity index (χ1) is 9.89. The van der Waals surface area contributed by atoms with Crippen molar-refractivity contribution >= 4 is 16.1 Å². The second-order valence-electron chi connectivity index (χ2n) is 5.42. The van der Waals surface area contributed by atoms with Gasteiger partial charge < -0.3 is 9.84 Å². The van der Waals surface area contributed by atoms with Gasteiger partial charge in [-0.05, 0) is 18.6 Å². The Balaban J connectivity index is 1.93. The Morgan fingerprint density at radius 1 is 1.29 bits per heavy atom. The maximum atomic E-state index is 11.9. The smallest absolute Gasteiger partial charge is 0.233 e. The van der Waals surface area contributed by atoms with Crippen LogP contribution < -0.4 is 4.72 Å². The molecule has 0 amide bonds. The van der Waals surface area contributed by atoms with Crippen LogP contribution >= 0.6 is 0 Å². The lowest BCUT2D eigenvalue weighted by molar-refractivity contribution is -0.0588. The number of aryl methyl sites for hydroxylation is 1. The van der Waals surface area contributed by atoms with Crippen LogP contribution in [0.4, 0.5) is 0 Å². The molecule has 2 N–H and O–H groups in total. The highest BCUT2D eigenvalue weighted by Gasteiger charge is 2.30. The van der Waals surface area contributed by atoms with Crippen molar-refractivity contribution in [2.45, 2.75) is 25.4 Å². The van der Waals surface area contributed by atoms with Gasteiger partial charge in [0.15, 0.2) is 0 Å². The van der Waals surface area contributed by atoms with E-state index in [4.69, 9.17) is 4.74 Å². The van der Waals surface area contributed by atoms with E-state index in [0.717, 1.165) is 16.5 Å². The average molecular weight is 311 g/mol. The first kappa shape index (κ1) is 16.2. The number of sulfonamides is 1. The van der Waals surface area contributed by atoms with Gasteiger partial charge in [0.1, 0.15) is 0 Å². The Hall–Kier alpha value is -1.21. The van der Waals surface area contributed by atoms with Gasteiger partial charge in [0.2, 0.25) is 10.0 Å². The second kappa shape index (κ2) is 6.70. The van der Waals surface area contributed by atoms with Gasteiger partial charge in [-0.1, -0.05) is 29.8 Å². The topological polar surface area (TPSA) is 75.6 Å². The van der Waals surface area contributed by atoms with E-state index < -0.39 is 15.6 Å². The van der Waals surface area contributed by atoms with Crippen molar-refractivity contribution in [3.05, 3.63) is 40.8 Å². The maximum Gasteiger partial charge on any atom is 0.233 e. The zero-order chi connectivity index (χ0) is 15.3. The highest BCUT2D eigenvalue weighted by molar-refractivity contribution is 7.92. The van der Waals surface area contributed by atoms with E-state index in [9.17, 15) is 13.5 Å². The summed E-state index contributed by atoms with van der Waals surface area (Å²) in [7, 11) is -3.56. The zero-order valence-electron chi connectivity index (χ0n) is 12.1. The molecule has 0 spiro atoms. The van der Waals surface area contributed by atoms with E-state index in [1.165, 1.54) is 6.08 Å². The molecular weight excluding hydrogens is 290 g/mol. The van der Waals surface area contributed by atoms with Gasteiger partial charge in [-0.25, -0.2) is 13.1 Å². The van der Waals surface area contributed by atoms with E-state index in [2.05, 4.69) is 4.72 Å². The molecule has 1 heterocycles. The quantitative estimate of drug-likeness (QED) is 0.862. The third-order valence-corrected chi connectivity index (χ3v) is 4.58. The maximum absolute atomic E-state index is 11.9. The van der Waals surface area contributed by atoms with E-state index in [1.807, 2.05) is 31.2 Å². The molecule has 0 saturated carbocycles. The lowest BCUT2D eigenvalue weighted by Gasteiger charge is -2.31. The van der Waals surface area contributed by atoms with Gasteiger partial charge in [0, 0.05) is 38.0 Å². The highest BCUT2D eigenvalue weighted by Crippen LogP contribution is 2.19. The van der Waals surface area contributed by atoms with Crippen molar-refractivity contribution in [1.82, 2.24) is 4.72 Å². The molecular formula is C15H21NO4S. The summed E-state index contributed by atoms with van der Waals surface area (Å²) in [5.41, 5.74) is 0.925. The molecule has 0 bridgehead atoms. The molecule has 21 heavy (non-hydrogen) atoms. The van der Waals surface area contributed by atoms with Crippen LogP contribution in [0.1, 0.15) is 24.0 Å². The van der Waals surface area contributed by atoms with Gasteiger partial charge in [-0.2, -0.15) is 0 Å². The van der Waals surface area contributed by atoms with Crippen LogP contribution in [0.15, 0.2) is 29.7 Å². The van der Waals surface area contributed by atoms with Crippen LogP contribution in [0, 0.1) is 6.92 Å². The van der Waals surface area contributed by atoms with E-state index in [-0.39, 0.29) is 6.54 Å². The Morgan fingerprint density at radius 3 is 2.52 bits per heavy atom. The summed E-state index contributed by atoms with van der Waals surface area (Å²) >= 11 is 0. The average Bonchev–Trinajstić information content (AvgIpc) is 2.46. The summed E-state index contributed by atoms with van der Waals surface area (Å²) in [4.78, 5) is 0. The zero-order valence-corrected chi connectivity index (χ0v) is 12.9. The van der Waals surface area contributed by atoms with E-state index in [1.54, 1.807) is 0 Å². The van der Waals surface area contributed by atoms with Crippen LogP contribution in [0.25, 0.3) is 6.08 Å². The van der Waals surface area contributed by atoms with Crippen LogP contribution in [0.2, 0.25) is 0 Å². The summed E-state index contributed by atoms with van der Waals surface area (Å²) < 4.78 is 31.4. The van der Waals surface area contributed by atoms with Crippen molar-refractivity contribution in [2.75, 3.05) is 19.8 Å². The molecule has 116 valence electrons. The van der Waals surface area contributed by atoms with Crippen molar-refractivity contribution < 1.29 is 18.3 Å². The minimum Gasteiger partial charge on any atom is -0.388 e. The largest absolute Gasteiger partial charge is 0.388 e. The van der Waals surface area contributed by atoms with Gasteiger partial charge >= 0.3 is 0 Å². The molecule has 0 radical (unpaired) electrons. The van der Waals surface area contributed by atoms with Crippen molar-refractivity contribution in [3.8, 4) is 0 Å². The van der Waals surface area contributed by atoms with Crippen LogP contribution in [0.3, 0.4) is 0 Å². The SMILES string of the molecule is Cc1ccc(C=CS(=O)(=O)NCC2(O)CCOCC2)cc1. The number of ether oxygens (including phenoxy) is 1. The molecule has 1 fully saturated rings. The highest BCUT2D eigenvalue weighted by atomic mass is 32.2. The number of hydrogen-bond acceptors (Lipinski definition) is 4. The lowest BCUT2D eigenvalue weighted by atomic mass is 9.95. The molecule has 5 nitrogen and oxygen atoms in total. The molecule has 2 rings (SSSR count). The Labute approximate surface area is 125 Å². The third-order valence-electron chi connectivity index (χ3n) is 3.54. The fraction of sp³-hybridized carbons (Fsp3) is 0.467. The summed E-state index contributed by atoms with van der Waals surface area (Å²) in [6.45, 7) is 2.90. The number of rotatable bonds is 5. The number of benzene rings is 1. The molecule has 6 heteroatoms. The van der Waals surface area contributed by atoms with Crippen molar-refractivity contribution in [3.63, 3.8) is 0 Å². The first-order valence-electron chi connectivity index (χ1n) is 6.93. The number of aliphatic hydroxyl groups is 1. The molecule has 0 aliphatic carbocycles. The minimum absolute atomic E-state index is 0.0108. The summed E-state index contributed by atoms with van der Waals surface area (Å²) in [5, 5.41) is 11.3. The molecule has 1 aromatic carbocycles. The van der Waals surface area contributed by atoms with Gasteiger partial charge in [0.05, 0.1) is 5.60 Å². The summed E-state index contributed by atoms with van der Waals surface area (Å²) in [5.74, 6) is 0. The molecule has 0 aromatic heterocycles. The van der Waals surface area contributed by atoms with E-state index in [0.29, 0.717) is 26.1 Å². The van der Waals surface area contributed by atoms with Crippen LogP contribution in [-0.2, 0) is 14.8 Å². The molecule has 1 aliphatic rings. The van der Waals surface area contributed by atoms with Crippen LogP contribution in [-0.4, -0.2) is 38.9 Å². The predicted molar refractivity (Wildman–Crippen MR) is 82.1 cm³/mol. The second-order valence-corrected chi connectivity index (χ2v) is 7.07. The Bertz CT molecular complexity index is 587. The molecule has 0 unspecified atom stereocenters. The summed E-state index contributed by atoms with van der Waals surface area (Å²) in [6.07, 6.45) is 2.42.